The molecule has 0 fully saturated rings. The first-order chi connectivity index (χ1) is 8.69. The summed E-state index contributed by atoms with van der Waals surface area (Å²) >= 11 is 0. The molecule has 0 aromatic heterocycles. The van der Waals surface area contributed by atoms with Gasteiger partial charge in [-0.15, -0.1) is 19.1 Å². The van der Waals surface area contributed by atoms with Gasteiger partial charge < -0.3 is 10.4 Å². The van der Waals surface area contributed by atoms with E-state index in [2.05, 4.69) is 61.5 Å². The Kier molecular flexibility index (Phi) is 14.1. The average molecular weight is 247 g/mol. The summed E-state index contributed by atoms with van der Waals surface area (Å²) < 4.78 is 0. The summed E-state index contributed by atoms with van der Waals surface area (Å²) in [4.78, 5) is 0. The Labute approximate surface area is 112 Å². The lowest BCUT2D eigenvalue weighted by Crippen LogP contribution is -2.11. The van der Waals surface area contributed by atoms with Crippen molar-refractivity contribution in [1.82, 2.24) is 5.32 Å². The van der Waals surface area contributed by atoms with Gasteiger partial charge in [-0.25, -0.2) is 0 Å². The molecule has 0 spiro atoms. The minimum Gasteiger partial charge on any atom is -0.397 e. The number of rotatable bonds is 2. The van der Waals surface area contributed by atoms with Crippen LogP contribution in [0, 0.1) is 11.8 Å². The van der Waals surface area contributed by atoms with E-state index in [1.165, 1.54) is 5.56 Å². The van der Waals surface area contributed by atoms with Crippen molar-refractivity contribution >= 4 is 0 Å². The van der Waals surface area contributed by atoms with Crippen LogP contribution in [-0.4, -0.2) is 18.8 Å². The van der Waals surface area contributed by atoms with Gasteiger partial charge in [0.15, 0.2) is 0 Å². The summed E-state index contributed by atoms with van der Waals surface area (Å²) in [6, 6.07) is 8.74. The number of benzene rings is 1. The Morgan fingerprint density at radius 2 is 1.72 bits per heavy atom. The van der Waals surface area contributed by atoms with Gasteiger partial charge in [0.25, 0.3) is 0 Å². The van der Waals surface area contributed by atoms with E-state index >= 15 is 0 Å². The Balaban J connectivity index is 0. The summed E-state index contributed by atoms with van der Waals surface area (Å²) in [5, 5.41) is 10.8. The molecule has 0 amide bonds. The maximum Gasteiger partial charge on any atom is 0.0402 e. The molecule has 1 unspecified atom stereocenters. The highest BCUT2D eigenvalue weighted by Crippen LogP contribution is 2.11. The quantitative estimate of drug-likeness (QED) is 0.621. The number of aliphatic hydroxyl groups excluding tert-OH is 1. The topological polar surface area (TPSA) is 32.3 Å². The van der Waals surface area contributed by atoms with Crippen LogP contribution in [0.25, 0.3) is 0 Å². The van der Waals surface area contributed by atoms with E-state index in [4.69, 9.17) is 5.11 Å². The van der Waals surface area contributed by atoms with E-state index in [0.29, 0.717) is 6.04 Å². The van der Waals surface area contributed by atoms with Crippen LogP contribution in [0.4, 0.5) is 0 Å². The lowest BCUT2D eigenvalue weighted by molar-refractivity contribution is 0.318. The lowest BCUT2D eigenvalue weighted by Gasteiger charge is -2.09. The van der Waals surface area contributed by atoms with Crippen LogP contribution in [0.5, 0.6) is 0 Å². The van der Waals surface area contributed by atoms with Crippen LogP contribution in [0.2, 0.25) is 0 Å². The molecule has 1 rings (SSSR count). The zero-order valence-corrected chi connectivity index (χ0v) is 12.0. The predicted octanol–water partition coefficient (Wildman–Crippen LogP) is 3.14. The van der Waals surface area contributed by atoms with Crippen molar-refractivity contribution in [3.8, 4) is 11.8 Å². The van der Waals surface area contributed by atoms with Crippen LogP contribution in [0.1, 0.15) is 37.9 Å². The third kappa shape index (κ3) is 8.58. The second kappa shape index (κ2) is 13.5. The maximum absolute atomic E-state index is 7.57. The van der Waals surface area contributed by atoms with E-state index in [1.54, 1.807) is 6.92 Å². The number of hydrogen-bond acceptors (Lipinski definition) is 2. The van der Waals surface area contributed by atoms with Crippen molar-refractivity contribution < 1.29 is 5.11 Å². The molecule has 1 atom stereocenters. The van der Waals surface area contributed by atoms with Gasteiger partial charge in [0.1, 0.15) is 0 Å². The summed E-state index contributed by atoms with van der Waals surface area (Å²) in [6.45, 7) is 11.9. The van der Waals surface area contributed by atoms with Gasteiger partial charge in [-0.3, -0.25) is 0 Å². The standard InChI is InChI=1S/C12H15N.C2H6O.C2H4/c1-4-5-11-6-8-12(9-7-11)10(2)13-3;1-2-3;1-2/h6-10,13H,1-3H3;3H,2H2,1H3;1-2H2. The molecule has 100 valence electrons. The molecular weight excluding hydrogens is 222 g/mol. The molecule has 2 heteroatoms. The number of nitrogens with one attached hydrogen (secondary N) is 1. The summed E-state index contributed by atoms with van der Waals surface area (Å²) in [5.74, 6) is 5.90. The molecule has 18 heavy (non-hydrogen) atoms. The van der Waals surface area contributed by atoms with Crippen molar-refractivity contribution in [2.24, 2.45) is 0 Å². The minimum absolute atomic E-state index is 0.250. The minimum atomic E-state index is 0.250. The highest BCUT2D eigenvalue weighted by molar-refractivity contribution is 5.36. The van der Waals surface area contributed by atoms with Crippen LogP contribution >= 0.6 is 0 Å². The van der Waals surface area contributed by atoms with Gasteiger partial charge in [-0.05, 0) is 45.5 Å². The van der Waals surface area contributed by atoms with Crippen LogP contribution in [0.3, 0.4) is 0 Å². The van der Waals surface area contributed by atoms with Crippen molar-refractivity contribution in [3.63, 3.8) is 0 Å². The highest BCUT2D eigenvalue weighted by Gasteiger charge is 2.00. The third-order valence-corrected chi connectivity index (χ3v) is 2.11. The fraction of sp³-hybridized carbons (Fsp3) is 0.375. The van der Waals surface area contributed by atoms with Crippen molar-refractivity contribution in [1.29, 1.82) is 0 Å². The van der Waals surface area contributed by atoms with Gasteiger partial charge in [0.2, 0.25) is 0 Å². The molecule has 2 nitrogen and oxygen atoms in total. The van der Waals surface area contributed by atoms with Crippen LogP contribution in [-0.2, 0) is 0 Å². The zero-order chi connectivity index (χ0) is 14.4. The molecular formula is C16H25NO. The predicted molar refractivity (Wildman–Crippen MR) is 80.5 cm³/mol. The SMILES string of the molecule is C=C.CC#Cc1ccc(C(C)NC)cc1.CCO. The summed E-state index contributed by atoms with van der Waals surface area (Å²) in [5.41, 5.74) is 2.37. The fourth-order valence-electron chi connectivity index (χ4n) is 1.17. The normalized spacial score (nSPS) is 9.61. The Bertz CT molecular complexity index is 346. The molecule has 0 bridgehead atoms. The van der Waals surface area contributed by atoms with Gasteiger partial charge >= 0.3 is 0 Å². The molecule has 0 aliphatic heterocycles. The van der Waals surface area contributed by atoms with E-state index in [0.717, 1.165) is 5.56 Å². The summed E-state index contributed by atoms with van der Waals surface area (Å²) in [6.07, 6.45) is 0. The van der Waals surface area contributed by atoms with Gasteiger partial charge in [0, 0.05) is 18.2 Å². The van der Waals surface area contributed by atoms with Crippen LogP contribution in [0.15, 0.2) is 37.4 Å². The fourth-order valence-corrected chi connectivity index (χ4v) is 1.17. The van der Waals surface area contributed by atoms with Crippen LogP contribution < -0.4 is 5.32 Å². The largest absolute Gasteiger partial charge is 0.397 e. The lowest BCUT2D eigenvalue weighted by atomic mass is 10.1. The van der Waals surface area contributed by atoms with E-state index in [-0.39, 0.29) is 6.61 Å². The van der Waals surface area contributed by atoms with Gasteiger partial charge in [-0.2, -0.15) is 0 Å². The molecule has 1 aromatic rings. The second-order valence-corrected chi connectivity index (χ2v) is 3.32. The Morgan fingerprint density at radius 3 is 2.06 bits per heavy atom. The van der Waals surface area contributed by atoms with E-state index < -0.39 is 0 Å². The Morgan fingerprint density at radius 1 is 1.28 bits per heavy atom. The second-order valence-electron chi connectivity index (χ2n) is 3.32. The molecule has 0 radical (unpaired) electrons. The highest BCUT2D eigenvalue weighted by atomic mass is 16.2. The van der Waals surface area contributed by atoms with Crippen molar-refractivity contribution in [3.05, 3.63) is 48.6 Å². The smallest absolute Gasteiger partial charge is 0.0402 e. The maximum atomic E-state index is 7.57. The first-order valence-electron chi connectivity index (χ1n) is 6.00. The molecule has 0 heterocycles. The average Bonchev–Trinajstić information content (AvgIpc) is 2.42. The third-order valence-electron chi connectivity index (χ3n) is 2.11. The first kappa shape index (κ1) is 18.8. The molecule has 2 N–H and O–H groups in total. The Hall–Kier alpha value is -1.56. The van der Waals surface area contributed by atoms with E-state index in [1.807, 2.05) is 14.0 Å². The van der Waals surface area contributed by atoms with Gasteiger partial charge in [0.05, 0.1) is 0 Å². The van der Waals surface area contributed by atoms with E-state index in [9.17, 15) is 0 Å². The van der Waals surface area contributed by atoms with Gasteiger partial charge in [-0.1, -0.05) is 18.1 Å². The first-order valence-corrected chi connectivity index (χ1v) is 6.00. The van der Waals surface area contributed by atoms with Crippen molar-refractivity contribution in [2.75, 3.05) is 13.7 Å². The molecule has 0 saturated heterocycles. The number of aliphatic hydroxyl groups is 1. The monoisotopic (exact) mass is 247 g/mol. The number of hydrogen-bond donors (Lipinski definition) is 2. The molecule has 0 aliphatic carbocycles. The van der Waals surface area contributed by atoms with Crippen molar-refractivity contribution in [2.45, 2.75) is 26.8 Å². The molecule has 1 aromatic carbocycles. The molecule has 0 saturated carbocycles. The molecule has 0 aliphatic rings. The summed E-state index contributed by atoms with van der Waals surface area (Å²) in [7, 11) is 1.96. The zero-order valence-electron chi connectivity index (χ0n) is 12.0.